The van der Waals surface area contributed by atoms with Crippen LogP contribution < -0.4 is 5.32 Å². The van der Waals surface area contributed by atoms with Crippen LogP contribution in [0, 0.1) is 0 Å². The number of nitrogens with zero attached hydrogens (tertiary/aromatic N) is 3. The average molecular weight is 348 g/mol. The van der Waals surface area contributed by atoms with Gasteiger partial charge >= 0.3 is 0 Å². The van der Waals surface area contributed by atoms with Gasteiger partial charge in [-0.15, -0.1) is 0 Å². The molecular formula is C19H21BN4O2. The summed E-state index contributed by atoms with van der Waals surface area (Å²) >= 11 is 0. The number of benzene rings is 2. The van der Waals surface area contributed by atoms with E-state index in [9.17, 15) is 9.90 Å². The normalized spacial score (nSPS) is 13.9. The fourth-order valence-electron chi connectivity index (χ4n) is 2.90. The topological polar surface area (TPSA) is 98.1 Å². The van der Waals surface area contributed by atoms with E-state index in [4.69, 9.17) is 13.4 Å². The highest BCUT2D eigenvalue weighted by atomic mass is 16.3. The van der Waals surface area contributed by atoms with Crippen LogP contribution in [0.25, 0.3) is 10.4 Å². The number of aliphatic hydroxyl groups excluding tert-OH is 1. The van der Waals surface area contributed by atoms with Gasteiger partial charge in [-0.1, -0.05) is 65.8 Å². The van der Waals surface area contributed by atoms with Crippen LogP contribution in [-0.4, -0.2) is 36.9 Å². The van der Waals surface area contributed by atoms with Gasteiger partial charge in [-0.2, -0.15) is 0 Å². The molecule has 0 unspecified atom stereocenters. The van der Waals surface area contributed by atoms with Crippen LogP contribution in [0.4, 0.5) is 4.79 Å². The molecule has 0 aliphatic carbocycles. The standard InChI is InChI=1S/C19H21BN4O2/c20-19(26)22-17(13-15-9-5-2-6-10-15)18(25)16(23-24-21)12-11-14-7-3-1-4-8-14/h1-10,16-18,25H,11-13H2,(H,22,26)/t16-,17-,18-/m1/s1. The van der Waals surface area contributed by atoms with Crippen LogP contribution in [0.15, 0.2) is 65.8 Å². The van der Waals surface area contributed by atoms with E-state index in [2.05, 4.69) is 15.3 Å². The molecule has 2 aromatic carbocycles. The summed E-state index contributed by atoms with van der Waals surface area (Å²) in [5, 5.41) is 17.1. The fourth-order valence-corrected chi connectivity index (χ4v) is 2.90. The first kappa shape index (κ1) is 19.6. The number of carbonyl (C=O) groups is 1. The molecule has 26 heavy (non-hydrogen) atoms. The third-order valence-electron chi connectivity index (χ3n) is 4.20. The molecule has 0 bridgehead atoms. The van der Waals surface area contributed by atoms with Crippen molar-refractivity contribution in [1.82, 2.24) is 5.32 Å². The van der Waals surface area contributed by atoms with E-state index in [1.807, 2.05) is 60.7 Å². The molecule has 0 aliphatic heterocycles. The van der Waals surface area contributed by atoms with Gasteiger partial charge in [0.2, 0.25) is 7.85 Å². The van der Waals surface area contributed by atoms with Crippen molar-refractivity contribution in [2.75, 3.05) is 0 Å². The van der Waals surface area contributed by atoms with Crippen LogP contribution in [0.3, 0.4) is 0 Å². The fraction of sp³-hybridized carbons (Fsp3) is 0.316. The Hall–Kier alpha value is -2.76. The van der Waals surface area contributed by atoms with E-state index in [1.54, 1.807) is 0 Å². The minimum atomic E-state index is -1.05. The van der Waals surface area contributed by atoms with Crippen molar-refractivity contribution in [3.63, 3.8) is 0 Å². The molecule has 0 saturated heterocycles. The highest BCUT2D eigenvalue weighted by Gasteiger charge is 2.27. The number of hydrogen-bond acceptors (Lipinski definition) is 3. The number of aryl methyl sites for hydroxylation is 1. The van der Waals surface area contributed by atoms with Crippen LogP contribution in [0.5, 0.6) is 0 Å². The maximum Gasteiger partial charge on any atom is 0.200 e. The van der Waals surface area contributed by atoms with Crippen molar-refractivity contribution in [1.29, 1.82) is 0 Å². The molecule has 6 nitrogen and oxygen atoms in total. The maximum atomic E-state index is 11.4. The molecule has 2 aromatic rings. The second-order valence-electron chi connectivity index (χ2n) is 6.09. The zero-order valence-electron chi connectivity index (χ0n) is 14.4. The van der Waals surface area contributed by atoms with Crippen molar-refractivity contribution in [3.8, 4) is 0 Å². The molecule has 0 aliphatic rings. The van der Waals surface area contributed by atoms with Gasteiger partial charge in [0.15, 0.2) is 5.81 Å². The summed E-state index contributed by atoms with van der Waals surface area (Å²) in [6, 6.07) is 17.8. The second-order valence-corrected chi connectivity index (χ2v) is 6.09. The number of amides is 1. The van der Waals surface area contributed by atoms with E-state index in [0.29, 0.717) is 19.3 Å². The Morgan fingerprint density at radius 3 is 2.23 bits per heavy atom. The van der Waals surface area contributed by atoms with E-state index >= 15 is 0 Å². The number of azide groups is 1. The zero-order valence-corrected chi connectivity index (χ0v) is 14.4. The first-order valence-corrected chi connectivity index (χ1v) is 8.46. The van der Waals surface area contributed by atoms with Crippen molar-refractivity contribution in [2.24, 2.45) is 5.11 Å². The van der Waals surface area contributed by atoms with Gasteiger partial charge in [0, 0.05) is 4.91 Å². The number of nitrogens with one attached hydrogen (secondary N) is 1. The van der Waals surface area contributed by atoms with Gasteiger partial charge in [-0.05, 0) is 35.9 Å². The number of rotatable bonds is 9. The van der Waals surface area contributed by atoms with E-state index in [-0.39, 0.29) is 0 Å². The quantitative estimate of drug-likeness (QED) is 0.315. The van der Waals surface area contributed by atoms with E-state index < -0.39 is 24.0 Å². The summed E-state index contributed by atoms with van der Waals surface area (Å²) in [7, 11) is 5.26. The lowest BCUT2D eigenvalue weighted by Gasteiger charge is -2.28. The number of aliphatic hydroxyl groups is 1. The Balaban J connectivity index is 2.11. The third-order valence-corrected chi connectivity index (χ3v) is 4.20. The predicted octanol–water partition coefficient (Wildman–Crippen LogP) is 3.15. The maximum absolute atomic E-state index is 11.4. The van der Waals surface area contributed by atoms with Gasteiger partial charge in [0.05, 0.1) is 18.2 Å². The summed E-state index contributed by atoms with van der Waals surface area (Å²) < 4.78 is 0. The molecule has 0 spiro atoms. The summed E-state index contributed by atoms with van der Waals surface area (Å²) in [5.41, 5.74) is 10.9. The Kier molecular flexibility index (Phi) is 7.74. The molecule has 1 amide bonds. The van der Waals surface area contributed by atoms with E-state index in [0.717, 1.165) is 11.1 Å². The SMILES string of the molecule is [B]C(=O)N[C@H](Cc1ccccc1)[C@H](O)[C@@H](CCc1ccccc1)N=[N+]=[N-]. The van der Waals surface area contributed by atoms with Gasteiger partial charge < -0.3 is 10.4 Å². The predicted molar refractivity (Wildman–Crippen MR) is 102 cm³/mol. The second kappa shape index (κ2) is 10.3. The van der Waals surface area contributed by atoms with Crippen molar-refractivity contribution in [2.45, 2.75) is 37.5 Å². The van der Waals surface area contributed by atoms with Crippen molar-refractivity contribution >= 4 is 13.7 Å². The Morgan fingerprint density at radius 1 is 1.12 bits per heavy atom. The first-order chi connectivity index (χ1) is 12.6. The zero-order chi connectivity index (χ0) is 18.8. The van der Waals surface area contributed by atoms with Crippen LogP contribution >= 0.6 is 0 Å². The third kappa shape index (κ3) is 6.28. The molecule has 2 radical (unpaired) electrons. The van der Waals surface area contributed by atoms with Gasteiger partial charge in [0.1, 0.15) is 0 Å². The molecule has 7 heteroatoms. The van der Waals surface area contributed by atoms with Gasteiger partial charge in [-0.25, -0.2) is 0 Å². The van der Waals surface area contributed by atoms with Gasteiger partial charge in [0.25, 0.3) is 0 Å². The monoisotopic (exact) mass is 348 g/mol. The molecule has 2 N–H and O–H groups in total. The summed E-state index contributed by atoms with van der Waals surface area (Å²) in [6.45, 7) is 0. The van der Waals surface area contributed by atoms with Crippen LogP contribution in [0.1, 0.15) is 17.5 Å². The smallest absolute Gasteiger partial charge is 0.200 e. The van der Waals surface area contributed by atoms with Crippen molar-refractivity contribution < 1.29 is 9.90 Å². The lowest BCUT2D eigenvalue weighted by molar-refractivity contribution is 0.102. The summed E-state index contributed by atoms with van der Waals surface area (Å²) in [5.74, 6) is -0.729. The average Bonchev–Trinajstić information content (AvgIpc) is 2.65. The highest BCUT2D eigenvalue weighted by Crippen LogP contribution is 2.16. The molecular weight excluding hydrogens is 327 g/mol. The minimum Gasteiger partial charge on any atom is -0.391 e. The van der Waals surface area contributed by atoms with Crippen LogP contribution in [-0.2, 0) is 12.8 Å². The largest absolute Gasteiger partial charge is 0.391 e. The Bertz CT molecular complexity index is 736. The lowest BCUT2D eigenvalue weighted by Crippen LogP contribution is -2.49. The van der Waals surface area contributed by atoms with Gasteiger partial charge in [-0.3, -0.25) is 4.79 Å². The lowest BCUT2D eigenvalue weighted by atomic mass is 9.92. The summed E-state index contributed by atoms with van der Waals surface area (Å²) in [6.07, 6.45) is 0.438. The Morgan fingerprint density at radius 2 is 1.69 bits per heavy atom. The molecule has 0 fully saturated rings. The van der Waals surface area contributed by atoms with E-state index in [1.165, 1.54) is 0 Å². The molecule has 2 rings (SSSR count). The molecule has 0 saturated carbocycles. The molecule has 3 atom stereocenters. The minimum absolute atomic E-state index is 0.383. The number of hydrogen-bond donors (Lipinski definition) is 2. The first-order valence-electron chi connectivity index (χ1n) is 8.46. The Labute approximate surface area is 154 Å². The summed E-state index contributed by atoms with van der Waals surface area (Å²) in [4.78, 5) is 14.2. The molecule has 0 heterocycles. The number of carbonyl (C=O) groups excluding carboxylic acids is 1. The molecule has 0 aromatic heterocycles. The van der Waals surface area contributed by atoms with Crippen molar-refractivity contribution in [3.05, 3.63) is 82.2 Å². The molecule has 132 valence electrons. The highest BCUT2D eigenvalue weighted by molar-refractivity contribution is 6.57. The van der Waals surface area contributed by atoms with Crippen LogP contribution in [0.2, 0.25) is 0 Å².